The summed E-state index contributed by atoms with van der Waals surface area (Å²) in [5.74, 6) is 0.242. The van der Waals surface area contributed by atoms with Crippen LogP contribution >= 0.6 is 11.3 Å². The van der Waals surface area contributed by atoms with Crippen molar-refractivity contribution >= 4 is 28.0 Å². The van der Waals surface area contributed by atoms with E-state index in [-0.39, 0.29) is 5.97 Å². The van der Waals surface area contributed by atoms with Crippen molar-refractivity contribution in [3.05, 3.63) is 10.4 Å². The van der Waals surface area contributed by atoms with Crippen LogP contribution in [-0.2, 0) is 4.74 Å². The first-order valence-electron chi connectivity index (χ1n) is 6.40. The molecule has 1 saturated carbocycles. The van der Waals surface area contributed by atoms with Gasteiger partial charge in [-0.15, -0.1) is 11.3 Å². The Kier molecular flexibility index (Phi) is 3.80. The highest BCUT2D eigenvalue weighted by Crippen LogP contribution is 2.51. The van der Waals surface area contributed by atoms with Crippen LogP contribution in [-0.4, -0.2) is 26.2 Å². The third-order valence-electron chi connectivity index (χ3n) is 3.23. The summed E-state index contributed by atoms with van der Waals surface area (Å²) in [4.78, 5) is 14.6. The molecular formula is C13H20N2O2S. The number of rotatable bonds is 5. The Morgan fingerprint density at radius 1 is 1.50 bits per heavy atom. The van der Waals surface area contributed by atoms with Crippen LogP contribution in [0.15, 0.2) is 0 Å². The molecule has 1 aliphatic rings. The molecule has 0 spiro atoms. The van der Waals surface area contributed by atoms with Gasteiger partial charge in [0.05, 0.1) is 17.3 Å². The lowest BCUT2D eigenvalue weighted by molar-refractivity contribution is 0.0533. The van der Waals surface area contributed by atoms with Crippen molar-refractivity contribution in [2.75, 3.05) is 30.8 Å². The second kappa shape index (κ2) is 5.18. The van der Waals surface area contributed by atoms with E-state index in [0.717, 1.165) is 17.1 Å². The van der Waals surface area contributed by atoms with Gasteiger partial charge in [0.1, 0.15) is 4.88 Å². The number of nitrogens with two attached hydrogens (primary N) is 1. The van der Waals surface area contributed by atoms with E-state index in [9.17, 15) is 4.79 Å². The summed E-state index contributed by atoms with van der Waals surface area (Å²) in [6, 6.07) is 0. The third kappa shape index (κ3) is 2.32. The van der Waals surface area contributed by atoms with Crippen LogP contribution in [0.25, 0.3) is 0 Å². The minimum atomic E-state index is -0.294. The highest BCUT2D eigenvalue weighted by molar-refractivity contribution is 7.18. The van der Waals surface area contributed by atoms with Gasteiger partial charge in [-0.3, -0.25) is 0 Å². The molecule has 1 aromatic heterocycles. The maximum Gasteiger partial charge on any atom is 0.350 e. The van der Waals surface area contributed by atoms with Gasteiger partial charge in [-0.2, -0.15) is 0 Å². The Bertz CT molecular complexity index is 452. The first kappa shape index (κ1) is 13.2. The number of hydrogen-bond donors (Lipinski definition) is 1. The molecule has 5 heteroatoms. The van der Waals surface area contributed by atoms with Gasteiger partial charge in [-0.25, -0.2) is 4.79 Å². The van der Waals surface area contributed by atoms with Crippen molar-refractivity contribution < 1.29 is 9.53 Å². The van der Waals surface area contributed by atoms with Gasteiger partial charge < -0.3 is 15.4 Å². The number of hydrogen-bond acceptors (Lipinski definition) is 5. The van der Waals surface area contributed by atoms with E-state index in [0.29, 0.717) is 23.1 Å². The number of ether oxygens (including phenoxy) is 1. The number of carbonyl (C=O) groups is 1. The predicted molar refractivity (Wildman–Crippen MR) is 75.6 cm³/mol. The second-order valence-electron chi connectivity index (χ2n) is 4.57. The molecule has 4 nitrogen and oxygen atoms in total. The van der Waals surface area contributed by atoms with Crippen molar-refractivity contribution in [2.24, 2.45) is 0 Å². The summed E-state index contributed by atoms with van der Waals surface area (Å²) in [5.41, 5.74) is 7.95. The molecule has 0 radical (unpaired) electrons. The van der Waals surface area contributed by atoms with Gasteiger partial charge in [-0.05, 0) is 32.6 Å². The summed E-state index contributed by atoms with van der Waals surface area (Å²) in [6.07, 6.45) is 2.35. The van der Waals surface area contributed by atoms with Gasteiger partial charge in [0, 0.05) is 19.2 Å². The molecule has 100 valence electrons. The molecule has 0 saturated heterocycles. The van der Waals surface area contributed by atoms with Crippen LogP contribution in [0.5, 0.6) is 0 Å². The minimum Gasteiger partial charge on any atom is -0.462 e. The number of nitrogen functional groups attached to an aromatic ring is 1. The van der Waals surface area contributed by atoms with Crippen LogP contribution in [0.4, 0.5) is 10.7 Å². The van der Waals surface area contributed by atoms with Crippen LogP contribution in [0.3, 0.4) is 0 Å². The molecule has 0 aromatic carbocycles. The smallest absolute Gasteiger partial charge is 0.350 e. The van der Waals surface area contributed by atoms with Gasteiger partial charge in [-0.1, -0.05) is 0 Å². The fourth-order valence-electron chi connectivity index (χ4n) is 1.99. The average molecular weight is 268 g/mol. The van der Waals surface area contributed by atoms with E-state index in [1.54, 1.807) is 0 Å². The highest BCUT2D eigenvalue weighted by atomic mass is 32.1. The van der Waals surface area contributed by atoms with E-state index in [2.05, 4.69) is 11.8 Å². The van der Waals surface area contributed by atoms with E-state index < -0.39 is 0 Å². The maximum atomic E-state index is 11.9. The fraction of sp³-hybridized carbons (Fsp3) is 0.615. The summed E-state index contributed by atoms with van der Waals surface area (Å²) in [6.45, 7) is 5.19. The highest BCUT2D eigenvalue weighted by Gasteiger charge is 2.34. The molecule has 1 aromatic rings. The number of carbonyl (C=O) groups excluding carboxylic acids is 1. The van der Waals surface area contributed by atoms with Crippen LogP contribution in [0, 0.1) is 0 Å². The molecule has 1 aliphatic carbocycles. The monoisotopic (exact) mass is 268 g/mol. The number of esters is 1. The first-order valence-corrected chi connectivity index (χ1v) is 7.22. The molecule has 0 aliphatic heterocycles. The number of nitrogens with zero attached hydrogens (tertiary/aromatic N) is 1. The van der Waals surface area contributed by atoms with Crippen LogP contribution in [0.1, 0.15) is 47.8 Å². The molecule has 0 bridgehead atoms. The Morgan fingerprint density at radius 2 is 2.17 bits per heavy atom. The van der Waals surface area contributed by atoms with E-state index >= 15 is 0 Å². The molecule has 1 heterocycles. The van der Waals surface area contributed by atoms with E-state index in [1.165, 1.54) is 24.2 Å². The maximum absolute atomic E-state index is 11.9. The van der Waals surface area contributed by atoms with Crippen molar-refractivity contribution in [3.63, 3.8) is 0 Å². The molecule has 0 unspecified atom stereocenters. The fourth-order valence-corrected chi connectivity index (χ4v) is 3.21. The lowest BCUT2D eigenvalue weighted by atomic mass is 10.1. The summed E-state index contributed by atoms with van der Waals surface area (Å²) in [5, 5.41) is 1.13. The Labute approximate surface area is 112 Å². The van der Waals surface area contributed by atoms with Crippen molar-refractivity contribution in [1.82, 2.24) is 0 Å². The molecular weight excluding hydrogens is 248 g/mol. The quantitative estimate of drug-likeness (QED) is 0.834. The zero-order valence-corrected chi connectivity index (χ0v) is 12.0. The largest absolute Gasteiger partial charge is 0.462 e. The normalized spacial score (nSPS) is 14.6. The Balaban J connectivity index is 2.40. The lowest BCUT2D eigenvalue weighted by Crippen LogP contribution is -2.15. The van der Waals surface area contributed by atoms with E-state index in [4.69, 9.17) is 10.5 Å². The van der Waals surface area contributed by atoms with Gasteiger partial charge in [0.15, 0.2) is 0 Å². The zero-order chi connectivity index (χ0) is 13.3. The third-order valence-corrected chi connectivity index (χ3v) is 4.55. The summed E-state index contributed by atoms with van der Waals surface area (Å²) >= 11 is 1.46. The second-order valence-corrected chi connectivity index (χ2v) is 5.57. The standard InChI is InChI=1S/C13H20N2O2S/c1-4-15(3)12-9(8-6-7-8)10(14)11(18-12)13(16)17-5-2/h8H,4-7,14H2,1-3H3. The molecule has 0 amide bonds. The summed E-state index contributed by atoms with van der Waals surface area (Å²) in [7, 11) is 2.03. The predicted octanol–water partition coefficient (Wildman–Crippen LogP) is 2.84. The molecule has 2 rings (SSSR count). The average Bonchev–Trinajstić information content (AvgIpc) is 3.12. The van der Waals surface area contributed by atoms with Gasteiger partial charge >= 0.3 is 5.97 Å². The SMILES string of the molecule is CCOC(=O)c1sc(N(C)CC)c(C2CC2)c1N. The minimum absolute atomic E-state index is 0.294. The van der Waals surface area contributed by atoms with Gasteiger partial charge in [0.25, 0.3) is 0 Å². The van der Waals surface area contributed by atoms with Gasteiger partial charge in [0.2, 0.25) is 0 Å². The lowest BCUT2D eigenvalue weighted by Gasteiger charge is -2.16. The molecule has 0 atom stereocenters. The topological polar surface area (TPSA) is 55.6 Å². The molecule has 18 heavy (non-hydrogen) atoms. The number of anilines is 2. The molecule has 2 N–H and O–H groups in total. The van der Waals surface area contributed by atoms with Crippen molar-refractivity contribution in [2.45, 2.75) is 32.6 Å². The van der Waals surface area contributed by atoms with Crippen LogP contribution < -0.4 is 10.6 Å². The van der Waals surface area contributed by atoms with Crippen LogP contribution in [0.2, 0.25) is 0 Å². The number of thiophene rings is 1. The first-order chi connectivity index (χ1) is 8.60. The Hall–Kier alpha value is -1.23. The van der Waals surface area contributed by atoms with Crippen molar-refractivity contribution in [1.29, 1.82) is 0 Å². The Morgan fingerprint density at radius 3 is 2.67 bits per heavy atom. The summed E-state index contributed by atoms with van der Waals surface area (Å²) < 4.78 is 5.06. The van der Waals surface area contributed by atoms with E-state index in [1.807, 2.05) is 14.0 Å². The molecule has 1 fully saturated rings. The zero-order valence-electron chi connectivity index (χ0n) is 11.2. The van der Waals surface area contributed by atoms with Crippen molar-refractivity contribution in [3.8, 4) is 0 Å².